The van der Waals surface area contributed by atoms with Gasteiger partial charge in [-0.2, -0.15) is 0 Å². The molecule has 2 atom stereocenters. The second-order valence-corrected chi connectivity index (χ2v) is 9.26. The summed E-state index contributed by atoms with van der Waals surface area (Å²) >= 11 is 0. The lowest BCUT2D eigenvalue weighted by Gasteiger charge is -2.28. The Morgan fingerprint density at radius 1 is 1.16 bits per heavy atom. The highest BCUT2D eigenvalue weighted by Gasteiger charge is 2.65. The molecule has 1 saturated carbocycles. The van der Waals surface area contributed by atoms with Gasteiger partial charge in [0.15, 0.2) is 0 Å². The van der Waals surface area contributed by atoms with Gasteiger partial charge in [0.05, 0.1) is 23.3 Å². The predicted molar refractivity (Wildman–Crippen MR) is 93.8 cm³/mol. The van der Waals surface area contributed by atoms with Crippen molar-refractivity contribution >= 4 is 33.3 Å². The van der Waals surface area contributed by atoms with Crippen LogP contribution in [0, 0.1) is 17.3 Å². The molecule has 2 fully saturated rings. The Hall–Kier alpha value is -2.09. The fourth-order valence-corrected chi connectivity index (χ4v) is 5.24. The first-order valence-electron chi connectivity index (χ1n) is 8.29. The quantitative estimate of drug-likeness (QED) is 0.847. The lowest BCUT2D eigenvalue weighted by molar-refractivity contribution is -0.140. The highest BCUT2D eigenvalue weighted by molar-refractivity contribution is 7.92. The Morgan fingerprint density at radius 3 is 2.32 bits per heavy atom. The van der Waals surface area contributed by atoms with E-state index in [1.165, 1.54) is 4.31 Å². The van der Waals surface area contributed by atoms with Crippen LogP contribution in [0.4, 0.5) is 11.4 Å². The van der Waals surface area contributed by atoms with Gasteiger partial charge < -0.3 is 10.4 Å². The molecule has 0 radical (unpaired) electrons. The average molecular weight is 366 g/mol. The highest BCUT2D eigenvalue weighted by atomic mass is 32.2. The van der Waals surface area contributed by atoms with Crippen LogP contribution in [0.3, 0.4) is 0 Å². The maximum absolute atomic E-state index is 12.3. The summed E-state index contributed by atoms with van der Waals surface area (Å²) in [4.78, 5) is 23.5. The Morgan fingerprint density at radius 2 is 1.80 bits per heavy atom. The number of anilines is 2. The van der Waals surface area contributed by atoms with Gasteiger partial charge in [-0.1, -0.05) is 13.8 Å². The topological polar surface area (TPSA) is 104 Å². The van der Waals surface area contributed by atoms with E-state index in [-0.39, 0.29) is 11.7 Å². The van der Waals surface area contributed by atoms with Gasteiger partial charge in [-0.3, -0.25) is 13.9 Å². The molecule has 0 aromatic heterocycles. The molecule has 1 heterocycles. The van der Waals surface area contributed by atoms with Crippen LogP contribution >= 0.6 is 0 Å². The fourth-order valence-electron chi connectivity index (χ4n) is 3.60. The summed E-state index contributed by atoms with van der Waals surface area (Å²) in [5, 5.41) is 11.9. The van der Waals surface area contributed by atoms with Crippen molar-refractivity contribution in [1.29, 1.82) is 0 Å². The van der Waals surface area contributed by atoms with Gasteiger partial charge in [-0.25, -0.2) is 8.42 Å². The van der Waals surface area contributed by atoms with Gasteiger partial charge in [0.1, 0.15) is 0 Å². The zero-order valence-electron chi connectivity index (χ0n) is 14.2. The predicted octanol–water partition coefficient (Wildman–Crippen LogP) is 1.91. The number of carbonyl (C=O) groups is 2. The number of carbonyl (C=O) groups excluding carboxylic acids is 1. The molecule has 0 spiro atoms. The van der Waals surface area contributed by atoms with Crippen LogP contribution in [0.15, 0.2) is 24.3 Å². The first kappa shape index (κ1) is 17.7. The van der Waals surface area contributed by atoms with E-state index in [0.717, 1.165) is 6.42 Å². The van der Waals surface area contributed by atoms with Gasteiger partial charge >= 0.3 is 5.97 Å². The van der Waals surface area contributed by atoms with Crippen molar-refractivity contribution in [2.75, 3.05) is 21.9 Å². The minimum Gasteiger partial charge on any atom is -0.481 e. The summed E-state index contributed by atoms with van der Waals surface area (Å²) in [6.07, 6.45) is 1.50. The fraction of sp³-hybridized carbons (Fsp3) is 0.529. The maximum Gasteiger partial charge on any atom is 0.307 e. The Labute approximate surface area is 147 Å². The number of carboxylic acids is 1. The van der Waals surface area contributed by atoms with E-state index in [4.69, 9.17) is 5.11 Å². The molecule has 1 aliphatic carbocycles. The number of hydrogen-bond donors (Lipinski definition) is 2. The van der Waals surface area contributed by atoms with Crippen LogP contribution in [0.1, 0.15) is 26.7 Å². The molecule has 1 aromatic carbocycles. The van der Waals surface area contributed by atoms with Crippen molar-refractivity contribution in [3.8, 4) is 0 Å². The van der Waals surface area contributed by atoms with Crippen LogP contribution in [-0.4, -0.2) is 37.7 Å². The maximum atomic E-state index is 12.3. The third-order valence-corrected chi connectivity index (χ3v) is 7.02. The van der Waals surface area contributed by atoms with Crippen LogP contribution in [0.2, 0.25) is 0 Å². The second-order valence-electron chi connectivity index (χ2n) is 7.25. The molecule has 3 rings (SSSR count). The van der Waals surface area contributed by atoms with E-state index in [2.05, 4.69) is 5.32 Å². The Kier molecular flexibility index (Phi) is 4.26. The highest BCUT2D eigenvalue weighted by Crippen LogP contribution is 2.58. The largest absolute Gasteiger partial charge is 0.481 e. The summed E-state index contributed by atoms with van der Waals surface area (Å²) in [7, 11) is -3.27. The zero-order valence-corrected chi connectivity index (χ0v) is 15.0. The number of hydrogen-bond acceptors (Lipinski definition) is 4. The van der Waals surface area contributed by atoms with Crippen molar-refractivity contribution in [3.05, 3.63) is 24.3 Å². The molecule has 7 nitrogen and oxygen atoms in total. The van der Waals surface area contributed by atoms with Gasteiger partial charge in [-0.15, -0.1) is 0 Å². The van der Waals surface area contributed by atoms with Crippen molar-refractivity contribution in [2.24, 2.45) is 17.3 Å². The Balaban J connectivity index is 1.69. The van der Waals surface area contributed by atoms with Crippen LogP contribution in [0.25, 0.3) is 0 Å². The molecule has 2 aliphatic rings. The molecule has 8 heteroatoms. The zero-order chi connectivity index (χ0) is 18.4. The number of amides is 1. The molecule has 1 aliphatic heterocycles. The van der Waals surface area contributed by atoms with E-state index in [1.54, 1.807) is 38.1 Å². The first-order chi connectivity index (χ1) is 11.6. The molecule has 136 valence electrons. The third-order valence-electron chi connectivity index (χ3n) is 5.15. The Bertz CT molecular complexity index is 801. The summed E-state index contributed by atoms with van der Waals surface area (Å²) in [5.41, 5.74) is 0.542. The van der Waals surface area contributed by atoms with Crippen molar-refractivity contribution in [3.63, 3.8) is 0 Å². The number of benzene rings is 1. The summed E-state index contributed by atoms with van der Waals surface area (Å²) in [6.45, 7) is 3.99. The van der Waals surface area contributed by atoms with Crippen molar-refractivity contribution in [2.45, 2.75) is 26.7 Å². The first-order valence-corrected chi connectivity index (χ1v) is 9.89. The monoisotopic (exact) mass is 366 g/mol. The summed E-state index contributed by atoms with van der Waals surface area (Å²) < 4.78 is 25.6. The lowest BCUT2D eigenvalue weighted by Crippen LogP contribution is -2.37. The average Bonchev–Trinajstić information content (AvgIpc) is 3.11. The van der Waals surface area contributed by atoms with Crippen LogP contribution < -0.4 is 9.62 Å². The molecular weight excluding hydrogens is 344 g/mol. The molecule has 2 N–H and O–H groups in total. The number of rotatable bonds is 4. The number of nitrogens with zero attached hydrogens (tertiary/aromatic N) is 1. The molecule has 2 unspecified atom stereocenters. The third kappa shape index (κ3) is 3.22. The summed E-state index contributed by atoms with van der Waals surface area (Å²) in [6, 6.07) is 6.60. The number of carboxylic acid groups (broad SMARTS) is 1. The van der Waals surface area contributed by atoms with E-state index in [1.807, 2.05) is 0 Å². The van der Waals surface area contributed by atoms with Gasteiger partial charge in [0, 0.05) is 12.2 Å². The van der Waals surface area contributed by atoms with Gasteiger partial charge in [0.2, 0.25) is 15.9 Å². The van der Waals surface area contributed by atoms with Crippen molar-refractivity contribution in [1.82, 2.24) is 0 Å². The molecule has 1 saturated heterocycles. The molecular formula is C17H22N2O5S. The minimum absolute atomic E-state index is 0.152. The standard InChI is InChI=1S/C17H22N2O5S/c1-17(2)13(14(17)16(21)22)15(20)18-11-5-7-12(8-6-11)19-9-3-4-10-25(19,23)24/h5-8,13-14H,3-4,9-10H2,1-2H3,(H,18,20)(H,21,22). The second kappa shape index (κ2) is 6.01. The molecule has 25 heavy (non-hydrogen) atoms. The van der Waals surface area contributed by atoms with E-state index >= 15 is 0 Å². The normalized spacial score (nSPS) is 26.7. The van der Waals surface area contributed by atoms with Crippen LogP contribution in [-0.2, 0) is 19.6 Å². The van der Waals surface area contributed by atoms with E-state index < -0.39 is 33.2 Å². The van der Waals surface area contributed by atoms with Crippen molar-refractivity contribution < 1.29 is 23.1 Å². The minimum atomic E-state index is -3.27. The number of aliphatic carboxylic acids is 1. The lowest BCUT2D eigenvalue weighted by atomic mass is 10.1. The number of sulfonamides is 1. The number of nitrogens with one attached hydrogen (secondary N) is 1. The smallest absolute Gasteiger partial charge is 0.307 e. The van der Waals surface area contributed by atoms with Gasteiger partial charge in [-0.05, 0) is 42.5 Å². The summed E-state index contributed by atoms with van der Waals surface area (Å²) in [5.74, 6) is -2.37. The molecule has 1 amide bonds. The van der Waals surface area contributed by atoms with E-state index in [9.17, 15) is 18.0 Å². The van der Waals surface area contributed by atoms with Crippen LogP contribution in [0.5, 0.6) is 0 Å². The van der Waals surface area contributed by atoms with E-state index in [0.29, 0.717) is 24.3 Å². The molecule has 0 bridgehead atoms. The van der Waals surface area contributed by atoms with Gasteiger partial charge in [0.25, 0.3) is 0 Å². The molecule has 1 aromatic rings. The SMILES string of the molecule is CC1(C)C(C(=O)O)C1C(=O)Nc1ccc(N2CCCCS2(=O)=O)cc1.